The zero-order valence-corrected chi connectivity index (χ0v) is 11.7. The Labute approximate surface area is 127 Å². The Morgan fingerprint density at radius 1 is 1.18 bits per heavy atom. The van der Waals surface area contributed by atoms with Crippen LogP contribution < -0.4 is 5.32 Å². The summed E-state index contributed by atoms with van der Waals surface area (Å²) >= 11 is 0. The molecule has 0 radical (unpaired) electrons. The van der Waals surface area contributed by atoms with Crippen LogP contribution in [0.5, 0.6) is 0 Å². The Hall–Kier alpha value is -3.08. The summed E-state index contributed by atoms with van der Waals surface area (Å²) in [5, 5.41) is 6.72. The van der Waals surface area contributed by atoms with Crippen molar-refractivity contribution in [3.63, 3.8) is 0 Å². The van der Waals surface area contributed by atoms with Gasteiger partial charge in [0.2, 0.25) is 5.91 Å². The molecular weight excluding hydrogens is 280 g/mol. The Bertz CT molecular complexity index is 758. The molecule has 0 aliphatic heterocycles. The number of hydrogen-bond donors (Lipinski definition) is 1. The van der Waals surface area contributed by atoms with Gasteiger partial charge in [0.1, 0.15) is 11.5 Å². The van der Waals surface area contributed by atoms with Crippen LogP contribution in [0.4, 0.5) is 0 Å². The number of benzene rings is 1. The largest absolute Gasteiger partial charge is 0.465 e. The van der Waals surface area contributed by atoms with Gasteiger partial charge < -0.3 is 14.3 Å². The predicted molar refractivity (Wildman–Crippen MR) is 81.5 cm³/mol. The van der Waals surface area contributed by atoms with Gasteiger partial charge in [0.05, 0.1) is 12.8 Å². The number of carbonyl (C=O) groups is 1. The lowest BCUT2D eigenvalue weighted by atomic mass is 10.1. The quantitative estimate of drug-likeness (QED) is 0.733. The van der Waals surface area contributed by atoms with Gasteiger partial charge in [-0.05, 0) is 18.2 Å². The van der Waals surface area contributed by atoms with Crippen LogP contribution in [0.25, 0.3) is 17.3 Å². The van der Waals surface area contributed by atoms with Crippen LogP contribution in [0.3, 0.4) is 0 Å². The third-order valence-corrected chi connectivity index (χ3v) is 3.01. The van der Waals surface area contributed by atoms with Crippen LogP contribution in [0.15, 0.2) is 69.8 Å². The van der Waals surface area contributed by atoms with E-state index in [4.69, 9.17) is 8.94 Å². The molecule has 2 aromatic heterocycles. The third kappa shape index (κ3) is 3.52. The van der Waals surface area contributed by atoms with E-state index in [1.54, 1.807) is 24.5 Å². The molecule has 0 saturated carbocycles. The fourth-order valence-corrected chi connectivity index (χ4v) is 1.92. The zero-order valence-electron chi connectivity index (χ0n) is 11.7. The van der Waals surface area contributed by atoms with E-state index in [2.05, 4.69) is 10.5 Å². The first-order valence-corrected chi connectivity index (χ1v) is 6.82. The summed E-state index contributed by atoms with van der Waals surface area (Å²) in [4.78, 5) is 11.7. The van der Waals surface area contributed by atoms with Crippen molar-refractivity contribution >= 4 is 12.0 Å². The lowest BCUT2D eigenvalue weighted by molar-refractivity contribution is -0.116. The molecule has 0 bridgehead atoms. The molecule has 0 fully saturated rings. The van der Waals surface area contributed by atoms with Crippen molar-refractivity contribution in [2.24, 2.45) is 0 Å². The van der Waals surface area contributed by atoms with E-state index in [-0.39, 0.29) is 12.5 Å². The zero-order chi connectivity index (χ0) is 15.2. The van der Waals surface area contributed by atoms with Crippen LogP contribution in [0.1, 0.15) is 11.5 Å². The average Bonchev–Trinajstić information content (AvgIpc) is 3.23. The standard InChI is InChI=1S/C17H14N2O3/c20-17(9-8-14-7-4-10-21-14)18-12-15-11-16(19-22-15)13-5-2-1-3-6-13/h1-11H,12H2,(H,18,20)/b9-8+. The van der Waals surface area contributed by atoms with Crippen molar-refractivity contribution < 1.29 is 13.7 Å². The van der Waals surface area contributed by atoms with Crippen LogP contribution in [0.2, 0.25) is 0 Å². The van der Waals surface area contributed by atoms with Gasteiger partial charge >= 0.3 is 0 Å². The van der Waals surface area contributed by atoms with Crippen molar-refractivity contribution in [2.75, 3.05) is 0 Å². The lowest BCUT2D eigenvalue weighted by Gasteiger charge is -1.96. The van der Waals surface area contributed by atoms with E-state index >= 15 is 0 Å². The van der Waals surface area contributed by atoms with E-state index in [1.165, 1.54) is 6.08 Å². The van der Waals surface area contributed by atoms with Crippen molar-refractivity contribution in [1.29, 1.82) is 0 Å². The smallest absolute Gasteiger partial charge is 0.244 e. The monoisotopic (exact) mass is 294 g/mol. The molecule has 0 unspecified atom stereocenters. The summed E-state index contributed by atoms with van der Waals surface area (Å²) in [5.74, 6) is 0.994. The van der Waals surface area contributed by atoms with Gasteiger partial charge in [-0.2, -0.15) is 0 Å². The Balaban J connectivity index is 1.56. The molecule has 3 rings (SSSR count). The molecular formula is C17H14N2O3. The first kappa shape index (κ1) is 13.9. The van der Waals surface area contributed by atoms with E-state index in [1.807, 2.05) is 36.4 Å². The number of nitrogens with one attached hydrogen (secondary N) is 1. The second-order valence-electron chi connectivity index (χ2n) is 4.61. The van der Waals surface area contributed by atoms with Crippen molar-refractivity contribution in [3.05, 3.63) is 72.4 Å². The van der Waals surface area contributed by atoms with Crippen molar-refractivity contribution in [3.8, 4) is 11.3 Å². The van der Waals surface area contributed by atoms with Gasteiger partial charge in [0.25, 0.3) is 0 Å². The number of hydrogen-bond acceptors (Lipinski definition) is 4. The SMILES string of the molecule is O=C(/C=C/c1ccco1)NCc1cc(-c2ccccc2)no1. The van der Waals surface area contributed by atoms with E-state index < -0.39 is 0 Å². The molecule has 5 nitrogen and oxygen atoms in total. The van der Waals surface area contributed by atoms with Gasteiger partial charge in [-0.25, -0.2) is 0 Å². The molecule has 2 heterocycles. The highest BCUT2D eigenvalue weighted by molar-refractivity contribution is 5.91. The van der Waals surface area contributed by atoms with Crippen molar-refractivity contribution in [2.45, 2.75) is 6.54 Å². The normalized spacial score (nSPS) is 10.9. The Morgan fingerprint density at radius 2 is 2.05 bits per heavy atom. The topological polar surface area (TPSA) is 68.3 Å². The highest BCUT2D eigenvalue weighted by Gasteiger charge is 2.06. The minimum Gasteiger partial charge on any atom is -0.465 e. The number of nitrogens with zero attached hydrogens (tertiary/aromatic N) is 1. The van der Waals surface area contributed by atoms with E-state index in [0.29, 0.717) is 11.5 Å². The summed E-state index contributed by atoms with van der Waals surface area (Å²) in [7, 11) is 0. The third-order valence-electron chi connectivity index (χ3n) is 3.01. The lowest BCUT2D eigenvalue weighted by Crippen LogP contribution is -2.19. The van der Waals surface area contributed by atoms with Gasteiger partial charge in [-0.15, -0.1) is 0 Å². The fourth-order valence-electron chi connectivity index (χ4n) is 1.92. The van der Waals surface area contributed by atoms with E-state index in [9.17, 15) is 4.79 Å². The summed E-state index contributed by atoms with van der Waals surface area (Å²) < 4.78 is 10.3. The van der Waals surface area contributed by atoms with Crippen LogP contribution in [0, 0.1) is 0 Å². The number of carbonyl (C=O) groups excluding carboxylic acids is 1. The molecule has 1 aromatic carbocycles. The Morgan fingerprint density at radius 3 is 2.82 bits per heavy atom. The van der Waals surface area contributed by atoms with Crippen molar-refractivity contribution in [1.82, 2.24) is 10.5 Å². The highest BCUT2D eigenvalue weighted by atomic mass is 16.5. The van der Waals surface area contributed by atoms with Gasteiger partial charge in [-0.3, -0.25) is 4.79 Å². The number of furan rings is 1. The molecule has 110 valence electrons. The maximum atomic E-state index is 11.7. The molecule has 0 spiro atoms. The second-order valence-corrected chi connectivity index (χ2v) is 4.61. The minimum absolute atomic E-state index is 0.228. The first-order valence-electron chi connectivity index (χ1n) is 6.82. The van der Waals surface area contributed by atoms with Crippen LogP contribution in [-0.4, -0.2) is 11.1 Å². The second kappa shape index (κ2) is 6.58. The summed E-state index contributed by atoms with van der Waals surface area (Å²) in [6.07, 6.45) is 4.57. The molecule has 1 N–H and O–H groups in total. The van der Waals surface area contributed by atoms with Gasteiger partial charge in [0.15, 0.2) is 5.76 Å². The minimum atomic E-state index is -0.228. The average molecular weight is 294 g/mol. The molecule has 0 saturated heterocycles. The van der Waals surface area contributed by atoms with E-state index in [0.717, 1.165) is 11.3 Å². The number of amides is 1. The summed E-state index contributed by atoms with van der Waals surface area (Å²) in [6, 6.07) is 15.1. The summed E-state index contributed by atoms with van der Waals surface area (Å²) in [5.41, 5.74) is 1.72. The maximum absolute atomic E-state index is 11.7. The number of aromatic nitrogens is 1. The molecule has 0 atom stereocenters. The van der Waals surface area contributed by atoms with Crippen LogP contribution in [-0.2, 0) is 11.3 Å². The molecule has 0 aliphatic carbocycles. The predicted octanol–water partition coefficient (Wildman–Crippen LogP) is 3.26. The molecule has 1 amide bonds. The number of rotatable bonds is 5. The van der Waals surface area contributed by atoms with Gasteiger partial charge in [-0.1, -0.05) is 35.5 Å². The van der Waals surface area contributed by atoms with Gasteiger partial charge in [0, 0.05) is 17.7 Å². The molecule has 3 aromatic rings. The summed E-state index contributed by atoms with van der Waals surface area (Å²) in [6.45, 7) is 0.279. The highest BCUT2D eigenvalue weighted by Crippen LogP contribution is 2.18. The molecule has 5 heteroatoms. The first-order chi connectivity index (χ1) is 10.8. The maximum Gasteiger partial charge on any atom is 0.244 e. The molecule has 22 heavy (non-hydrogen) atoms. The molecule has 0 aliphatic rings. The van der Waals surface area contributed by atoms with Crippen LogP contribution >= 0.6 is 0 Å². The Kier molecular flexibility index (Phi) is 4.15. The fraction of sp³-hybridized carbons (Fsp3) is 0.0588.